The Balaban J connectivity index is 1.45. The molecule has 1 fully saturated rings. The first kappa shape index (κ1) is 20.7. The van der Waals surface area contributed by atoms with Crippen LogP contribution < -0.4 is 15.4 Å². The van der Waals surface area contributed by atoms with E-state index in [4.69, 9.17) is 4.74 Å². The van der Waals surface area contributed by atoms with Crippen molar-refractivity contribution in [1.82, 2.24) is 5.32 Å². The molecule has 30 heavy (non-hydrogen) atoms. The van der Waals surface area contributed by atoms with Crippen LogP contribution in [0.5, 0.6) is 5.75 Å². The van der Waals surface area contributed by atoms with Gasteiger partial charge in [-0.25, -0.2) is 0 Å². The molecule has 1 aliphatic heterocycles. The van der Waals surface area contributed by atoms with Gasteiger partial charge in [-0.2, -0.15) is 0 Å². The van der Waals surface area contributed by atoms with Gasteiger partial charge in [-0.05, 0) is 24.6 Å². The van der Waals surface area contributed by atoms with Gasteiger partial charge in [0.15, 0.2) is 5.17 Å². The number of aliphatic imine (C=N–C) groups is 1. The molecule has 4 N–H and O–H groups in total. The molecular formula is C22H25N3O4S. The SMILES string of the molecule is COc1ccccc1CNC(=O)C1CC(O)C(O)C2N=C(Nc3ccccc3)SC12. The Morgan fingerprint density at radius 2 is 1.90 bits per heavy atom. The average Bonchev–Trinajstić information content (AvgIpc) is 3.19. The highest BCUT2D eigenvalue weighted by molar-refractivity contribution is 8.15. The smallest absolute Gasteiger partial charge is 0.224 e. The second kappa shape index (κ2) is 9.07. The van der Waals surface area contributed by atoms with Gasteiger partial charge in [-0.1, -0.05) is 48.2 Å². The van der Waals surface area contributed by atoms with Crippen LogP contribution in [-0.2, 0) is 11.3 Å². The number of aliphatic hydroxyl groups is 2. The van der Waals surface area contributed by atoms with Crippen LogP contribution in [0.4, 0.5) is 5.69 Å². The molecule has 1 aliphatic carbocycles. The summed E-state index contributed by atoms with van der Waals surface area (Å²) in [5.74, 6) is 0.0835. The number of hydrogen-bond acceptors (Lipinski definition) is 7. The van der Waals surface area contributed by atoms with Crippen molar-refractivity contribution >= 4 is 28.5 Å². The number of nitrogens with zero attached hydrogens (tertiary/aromatic N) is 1. The Labute approximate surface area is 179 Å². The van der Waals surface area contributed by atoms with Gasteiger partial charge in [0, 0.05) is 23.0 Å². The van der Waals surface area contributed by atoms with Crippen molar-refractivity contribution in [3.63, 3.8) is 0 Å². The summed E-state index contributed by atoms with van der Waals surface area (Å²) in [6.07, 6.45) is -1.79. The molecule has 1 saturated carbocycles. The van der Waals surface area contributed by atoms with Crippen LogP contribution in [0.15, 0.2) is 59.6 Å². The van der Waals surface area contributed by atoms with E-state index in [1.54, 1.807) is 7.11 Å². The molecule has 0 bridgehead atoms. The first-order valence-electron chi connectivity index (χ1n) is 9.89. The van der Waals surface area contributed by atoms with Gasteiger partial charge in [-0.3, -0.25) is 9.79 Å². The number of carbonyl (C=O) groups is 1. The van der Waals surface area contributed by atoms with Crippen molar-refractivity contribution in [1.29, 1.82) is 0 Å². The van der Waals surface area contributed by atoms with E-state index in [0.717, 1.165) is 11.3 Å². The largest absolute Gasteiger partial charge is 0.496 e. The Bertz CT molecular complexity index is 924. The number of fused-ring (bicyclic) bond motifs is 1. The fourth-order valence-corrected chi connectivity index (χ4v) is 5.29. The predicted octanol–water partition coefficient (Wildman–Crippen LogP) is 2.01. The number of amides is 1. The normalized spacial score (nSPS) is 27.7. The maximum absolute atomic E-state index is 13.0. The van der Waals surface area contributed by atoms with Crippen molar-refractivity contribution in [2.24, 2.45) is 10.9 Å². The zero-order valence-electron chi connectivity index (χ0n) is 16.6. The van der Waals surface area contributed by atoms with Gasteiger partial charge in [0.1, 0.15) is 11.9 Å². The fourth-order valence-electron chi connectivity index (χ4n) is 3.92. The minimum atomic E-state index is -0.992. The number of para-hydroxylation sites is 2. The van der Waals surface area contributed by atoms with Crippen LogP contribution in [0.2, 0.25) is 0 Å². The van der Waals surface area contributed by atoms with E-state index in [1.165, 1.54) is 11.8 Å². The van der Waals surface area contributed by atoms with Crippen molar-refractivity contribution in [2.75, 3.05) is 12.4 Å². The number of anilines is 1. The molecule has 2 aromatic rings. The molecule has 5 unspecified atom stereocenters. The monoisotopic (exact) mass is 427 g/mol. The molecule has 8 heteroatoms. The van der Waals surface area contributed by atoms with E-state index >= 15 is 0 Å². The van der Waals surface area contributed by atoms with E-state index in [2.05, 4.69) is 15.6 Å². The van der Waals surface area contributed by atoms with Crippen LogP contribution >= 0.6 is 11.8 Å². The number of nitrogens with one attached hydrogen (secondary N) is 2. The van der Waals surface area contributed by atoms with Gasteiger partial charge >= 0.3 is 0 Å². The molecule has 5 atom stereocenters. The third-order valence-corrected chi connectivity index (χ3v) is 6.80. The van der Waals surface area contributed by atoms with E-state index < -0.39 is 24.2 Å². The Morgan fingerprint density at radius 3 is 2.67 bits per heavy atom. The third kappa shape index (κ3) is 4.30. The summed E-state index contributed by atoms with van der Waals surface area (Å²) in [5.41, 5.74) is 1.76. The lowest BCUT2D eigenvalue weighted by molar-refractivity contribution is -0.129. The summed E-state index contributed by atoms with van der Waals surface area (Å²) >= 11 is 1.44. The summed E-state index contributed by atoms with van der Waals surface area (Å²) in [6, 6.07) is 16.6. The average molecular weight is 428 g/mol. The second-order valence-electron chi connectivity index (χ2n) is 7.43. The van der Waals surface area contributed by atoms with E-state index in [0.29, 0.717) is 17.5 Å². The number of amidine groups is 1. The second-order valence-corrected chi connectivity index (χ2v) is 8.59. The highest BCUT2D eigenvalue weighted by Crippen LogP contribution is 2.41. The van der Waals surface area contributed by atoms with Crippen molar-refractivity contribution in [3.8, 4) is 5.75 Å². The highest BCUT2D eigenvalue weighted by atomic mass is 32.2. The number of carbonyl (C=O) groups excluding carboxylic acids is 1. The molecule has 0 aromatic heterocycles. The Hall–Kier alpha value is -2.55. The van der Waals surface area contributed by atoms with Crippen molar-refractivity contribution < 1.29 is 19.7 Å². The van der Waals surface area contributed by atoms with E-state index in [9.17, 15) is 15.0 Å². The molecule has 1 heterocycles. The molecule has 4 rings (SSSR count). The number of methoxy groups -OCH3 is 1. The van der Waals surface area contributed by atoms with Crippen LogP contribution in [0.3, 0.4) is 0 Å². The molecule has 1 amide bonds. The number of ether oxygens (including phenoxy) is 1. The van der Waals surface area contributed by atoms with Crippen LogP contribution in [0.25, 0.3) is 0 Å². The zero-order chi connectivity index (χ0) is 21.1. The van der Waals surface area contributed by atoms with Crippen LogP contribution in [0, 0.1) is 5.92 Å². The molecule has 0 radical (unpaired) electrons. The van der Waals surface area contributed by atoms with Crippen LogP contribution in [0.1, 0.15) is 12.0 Å². The summed E-state index contributed by atoms with van der Waals surface area (Å²) in [5, 5.41) is 27.4. The molecule has 0 saturated heterocycles. The number of rotatable bonds is 5. The highest BCUT2D eigenvalue weighted by Gasteiger charge is 2.50. The Morgan fingerprint density at radius 1 is 1.17 bits per heavy atom. The molecule has 2 aliphatic rings. The minimum Gasteiger partial charge on any atom is -0.496 e. The zero-order valence-corrected chi connectivity index (χ0v) is 17.4. The summed E-state index contributed by atoms with van der Waals surface area (Å²) in [7, 11) is 1.60. The quantitative estimate of drug-likeness (QED) is 0.582. The van der Waals surface area contributed by atoms with Crippen LogP contribution in [-0.4, -0.2) is 51.9 Å². The lowest BCUT2D eigenvalue weighted by atomic mass is 9.81. The number of hydrogen-bond donors (Lipinski definition) is 4. The fraction of sp³-hybridized carbons (Fsp3) is 0.364. The van der Waals surface area contributed by atoms with Gasteiger partial charge < -0.3 is 25.6 Å². The van der Waals surface area contributed by atoms with Gasteiger partial charge in [0.05, 0.1) is 25.2 Å². The number of aliphatic hydroxyl groups excluding tert-OH is 2. The van der Waals surface area contributed by atoms with Gasteiger partial charge in [-0.15, -0.1) is 0 Å². The van der Waals surface area contributed by atoms with Gasteiger partial charge in [0.25, 0.3) is 0 Å². The number of benzene rings is 2. The first-order chi connectivity index (χ1) is 14.6. The molecular weight excluding hydrogens is 402 g/mol. The maximum atomic E-state index is 13.0. The summed E-state index contributed by atoms with van der Waals surface area (Å²) in [4.78, 5) is 17.6. The standard InChI is InChI=1S/C22H25N3O4S/c1-29-17-10-6-5-7-13(17)12-23-21(28)15-11-16(26)19(27)18-20(15)30-22(25-18)24-14-8-3-2-4-9-14/h2-10,15-16,18-20,26-27H,11-12H2,1H3,(H,23,28)(H,24,25). The van der Waals surface area contributed by atoms with E-state index in [-0.39, 0.29) is 17.6 Å². The first-order valence-corrected chi connectivity index (χ1v) is 10.8. The molecule has 0 spiro atoms. The van der Waals surface area contributed by atoms with Crippen molar-refractivity contribution in [3.05, 3.63) is 60.2 Å². The Kier molecular flexibility index (Phi) is 6.26. The summed E-state index contributed by atoms with van der Waals surface area (Å²) < 4.78 is 5.34. The molecule has 158 valence electrons. The summed E-state index contributed by atoms with van der Waals surface area (Å²) in [6.45, 7) is 0.329. The van der Waals surface area contributed by atoms with E-state index in [1.807, 2.05) is 54.6 Å². The lowest BCUT2D eigenvalue weighted by Gasteiger charge is -2.37. The topological polar surface area (TPSA) is 103 Å². The van der Waals surface area contributed by atoms with Crippen molar-refractivity contribution in [2.45, 2.75) is 36.5 Å². The maximum Gasteiger partial charge on any atom is 0.224 e. The third-order valence-electron chi connectivity index (χ3n) is 5.49. The number of thioether (sulfide) groups is 1. The minimum absolute atomic E-state index is 0.162. The predicted molar refractivity (Wildman–Crippen MR) is 118 cm³/mol. The molecule has 7 nitrogen and oxygen atoms in total. The molecule has 2 aromatic carbocycles. The lowest BCUT2D eigenvalue weighted by Crippen LogP contribution is -2.53. The van der Waals surface area contributed by atoms with Gasteiger partial charge in [0.2, 0.25) is 5.91 Å².